The van der Waals surface area contributed by atoms with Crippen molar-refractivity contribution in [3.63, 3.8) is 0 Å². The van der Waals surface area contributed by atoms with Gasteiger partial charge in [-0.2, -0.15) is 9.97 Å². The van der Waals surface area contributed by atoms with Crippen LogP contribution in [0.4, 0.5) is 19.5 Å². The van der Waals surface area contributed by atoms with Crippen LogP contribution in [0.1, 0.15) is 61.6 Å². The van der Waals surface area contributed by atoms with Gasteiger partial charge < -0.3 is 57.0 Å². The fraction of sp³-hybridized carbons (Fsp3) is 0.750. The number of phosphoric ester groups is 1. The maximum absolute atomic E-state index is 16.8. The molecule has 51 heavy (non-hydrogen) atoms. The van der Waals surface area contributed by atoms with Crippen LogP contribution < -0.4 is 28.6 Å². The highest BCUT2D eigenvalue weighted by Crippen LogP contribution is 2.55. The Bertz CT molecular complexity index is 1510. The molecule has 19 nitrogen and oxygen atoms in total. The minimum Gasteiger partial charge on any atom is -1.00 e. The van der Waals surface area contributed by atoms with Gasteiger partial charge in [0.15, 0.2) is 35.8 Å². The zero-order valence-corrected chi connectivity index (χ0v) is 31.2. The smallest absolute Gasteiger partial charge is 0.510 e. The summed E-state index contributed by atoms with van der Waals surface area (Å²) in [5.41, 5.74) is 7.16. The van der Waals surface area contributed by atoms with Crippen molar-refractivity contribution < 1.29 is 87.8 Å². The summed E-state index contributed by atoms with van der Waals surface area (Å²) in [5, 5.41) is 0. The molecule has 0 radical (unpaired) electrons. The van der Waals surface area contributed by atoms with E-state index in [4.69, 9.17) is 52.5 Å². The van der Waals surface area contributed by atoms with Gasteiger partial charge in [0.1, 0.15) is 13.4 Å². The Balaban J connectivity index is 0.00000901. The summed E-state index contributed by atoms with van der Waals surface area (Å²) in [6.45, 7) is 9.28. The lowest BCUT2D eigenvalue weighted by atomic mass is 9.95. The largest absolute Gasteiger partial charge is 1.00 e. The zero-order chi connectivity index (χ0) is 37.4. The van der Waals surface area contributed by atoms with Crippen LogP contribution in [0.25, 0.3) is 11.2 Å². The molecule has 2 aromatic rings. The third-order valence-corrected chi connectivity index (χ3v) is 8.25. The van der Waals surface area contributed by atoms with Crippen molar-refractivity contribution in [3.05, 3.63) is 6.33 Å². The van der Waals surface area contributed by atoms with Gasteiger partial charge in [-0.1, -0.05) is 13.8 Å². The van der Waals surface area contributed by atoms with E-state index in [-0.39, 0.29) is 60.8 Å². The average Bonchev–Trinajstić information content (AvgIpc) is 3.52. The number of anilines is 1. The number of hydrogen-bond donors (Lipinski definition) is 2. The van der Waals surface area contributed by atoms with Crippen molar-refractivity contribution in [2.24, 2.45) is 5.92 Å². The number of esters is 1. The quantitative estimate of drug-likeness (QED) is 0.0822. The first-order valence-corrected chi connectivity index (χ1v) is 17.1. The van der Waals surface area contributed by atoms with E-state index in [1.165, 1.54) is 0 Å². The molecule has 6 atom stereocenters. The molecule has 5 N–H and O–H groups in total. The van der Waals surface area contributed by atoms with Crippen LogP contribution in [0.3, 0.4) is 0 Å². The first-order valence-electron chi connectivity index (χ1n) is 15.6. The van der Waals surface area contributed by atoms with E-state index < -0.39 is 76.1 Å². The van der Waals surface area contributed by atoms with E-state index >= 15 is 8.78 Å². The van der Waals surface area contributed by atoms with Gasteiger partial charge in [-0.25, -0.2) is 32.4 Å². The molecule has 2 aromatic heterocycles. The van der Waals surface area contributed by atoms with E-state index in [0.29, 0.717) is 0 Å². The highest BCUT2D eigenvalue weighted by Gasteiger charge is 2.68. The van der Waals surface area contributed by atoms with Crippen LogP contribution >= 0.6 is 7.82 Å². The van der Waals surface area contributed by atoms with Crippen molar-refractivity contribution in [2.45, 2.75) is 97.5 Å². The number of rotatable bonds is 19. The van der Waals surface area contributed by atoms with Gasteiger partial charge in [-0.3, -0.25) is 13.6 Å². The molecule has 0 spiro atoms. The Hall–Kier alpha value is -3.01. The topological polar surface area (TPSA) is 241 Å². The molecular weight excluding hydrogens is 733 g/mol. The Morgan fingerprint density at radius 3 is 2.37 bits per heavy atom. The first kappa shape index (κ1) is 44.2. The number of quaternary nitrogens is 1. The number of hydrogen-bond acceptors (Lipinski definition) is 17. The number of nitrogen functional groups attached to an aromatic ring is 1. The molecule has 3 rings (SSSR count). The molecule has 0 aromatic carbocycles. The van der Waals surface area contributed by atoms with Crippen LogP contribution in [0.5, 0.6) is 5.88 Å². The van der Waals surface area contributed by atoms with E-state index in [9.17, 15) is 14.2 Å². The number of imidazole rings is 1. The zero-order valence-electron chi connectivity index (χ0n) is 29.5. The predicted molar refractivity (Wildman–Crippen MR) is 166 cm³/mol. The molecule has 0 bridgehead atoms. The van der Waals surface area contributed by atoms with Gasteiger partial charge in [0.05, 0.1) is 25.1 Å². The molecule has 0 aliphatic carbocycles. The molecule has 2 unspecified atom stereocenters. The molecule has 1 aliphatic rings. The number of alkyl halides is 2. The number of ether oxygens (including phenoxy) is 7. The molecule has 292 valence electrons. The number of fused-ring (bicyclic) bond motifs is 1. The fourth-order valence-electron chi connectivity index (χ4n) is 4.30. The second-order valence-corrected chi connectivity index (χ2v) is 13.7. The molecule has 23 heteroatoms. The lowest BCUT2D eigenvalue weighted by Gasteiger charge is -2.32. The maximum atomic E-state index is 16.8. The Morgan fingerprint density at radius 1 is 1.10 bits per heavy atom. The Morgan fingerprint density at radius 2 is 1.76 bits per heavy atom. The highest BCUT2D eigenvalue weighted by molar-refractivity contribution is 7.48. The summed E-state index contributed by atoms with van der Waals surface area (Å²) in [6.07, 6.45) is -5.50. The number of aromatic nitrogens is 4. The van der Waals surface area contributed by atoms with Crippen LogP contribution in [-0.2, 0) is 51.4 Å². The van der Waals surface area contributed by atoms with Crippen LogP contribution in [0, 0.1) is 5.92 Å². The minimum absolute atomic E-state index is 0. The van der Waals surface area contributed by atoms with Gasteiger partial charge in [-0.05, 0) is 41.5 Å². The molecule has 3 heterocycles. The lowest BCUT2D eigenvalue weighted by Crippen LogP contribution is -3.00. The normalized spacial score (nSPS) is 23.6. The minimum atomic E-state index is -4.92. The molecule has 1 fully saturated rings. The highest BCUT2D eigenvalue weighted by atomic mass is 35.5. The molecule has 1 saturated heterocycles. The number of phosphoric acid groups is 1. The molecule has 0 amide bonds. The SMILES string of the molecule is CCOc1nc(N)nc2c1ncn2[C@@H]1O[C@](F)(COP(=O)(OCOCOC(C)C)OCOC(=O)OC(C)C)[C@@H](F)[C@@]1(C)OC(=O)C([NH3+])C(C)C.[Cl-]. The first-order chi connectivity index (χ1) is 23.4. The summed E-state index contributed by atoms with van der Waals surface area (Å²) in [4.78, 5) is 37.3. The summed E-state index contributed by atoms with van der Waals surface area (Å²) in [5.74, 6) is -5.11. The average molecular weight is 779 g/mol. The fourth-order valence-corrected chi connectivity index (χ4v) is 5.25. The van der Waals surface area contributed by atoms with Crippen molar-refractivity contribution >= 4 is 37.1 Å². The van der Waals surface area contributed by atoms with Crippen molar-refractivity contribution in [3.8, 4) is 5.88 Å². The van der Waals surface area contributed by atoms with Crippen LogP contribution in [0.15, 0.2) is 6.33 Å². The third kappa shape index (κ3) is 11.2. The predicted octanol–water partition coefficient (Wildman–Crippen LogP) is -0.0541. The molecule has 0 saturated carbocycles. The molecular formula is C28H46ClF2N6O13P. The monoisotopic (exact) mass is 778 g/mol. The van der Waals surface area contributed by atoms with Gasteiger partial charge in [0.25, 0.3) is 5.85 Å². The maximum Gasteiger partial charge on any atom is 0.510 e. The summed E-state index contributed by atoms with van der Waals surface area (Å²) in [7, 11) is -4.92. The van der Waals surface area contributed by atoms with Gasteiger partial charge >= 0.3 is 19.9 Å². The summed E-state index contributed by atoms with van der Waals surface area (Å²) < 4.78 is 99.6. The second kappa shape index (κ2) is 18.7. The molecule has 1 aliphatic heterocycles. The number of nitrogens with zero attached hydrogens (tertiary/aromatic N) is 4. The van der Waals surface area contributed by atoms with E-state index in [2.05, 4.69) is 20.7 Å². The standard InChI is InChI=1S/C28H45F2N6O13P.ClH/c1-9-41-21-19-20(34-25(32)35-21)36(11-33-19)24-27(8,48-22(37)18(31)15(2)3)23(29)28(30,49-24)10-44-50(39,45-13-40-12-42-16(4)5)46-14-43-26(38)47-17(6)7;/h11,15-18,23-24H,9-10,12-14,31H2,1-8H3,(H2,32,34,35);1H/t18?,23-,24+,27+,28+,50?;/m0./s1. The van der Waals surface area contributed by atoms with E-state index in [1.54, 1.807) is 48.5 Å². The summed E-state index contributed by atoms with van der Waals surface area (Å²) >= 11 is 0. The summed E-state index contributed by atoms with van der Waals surface area (Å²) in [6, 6.07) is -0.989. The number of carbonyl (C=O) groups excluding carboxylic acids is 2. The van der Waals surface area contributed by atoms with Crippen LogP contribution in [0.2, 0.25) is 0 Å². The van der Waals surface area contributed by atoms with Crippen LogP contribution in [-0.4, -0.2) is 101 Å². The third-order valence-electron chi connectivity index (χ3n) is 6.97. The Labute approximate surface area is 299 Å². The number of nitrogens with two attached hydrogens (primary N) is 1. The number of carbonyl (C=O) groups is 2. The lowest BCUT2D eigenvalue weighted by molar-refractivity contribution is -0.420. The van der Waals surface area contributed by atoms with E-state index in [0.717, 1.165) is 17.8 Å². The van der Waals surface area contributed by atoms with Gasteiger partial charge in [0.2, 0.25) is 24.8 Å². The van der Waals surface area contributed by atoms with Crippen molar-refractivity contribution in [1.29, 1.82) is 0 Å². The van der Waals surface area contributed by atoms with Crippen molar-refractivity contribution in [1.82, 2.24) is 19.5 Å². The van der Waals surface area contributed by atoms with Gasteiger partial charge in [-0.15, -0.1) is 0 Å². The van der Waals surface area contributed by atoms with E-state index in [1.807, 2.05) is 0 Å². The van der Waals surface area contributed by atoms with Gasteiger partial charge in [0, 0.05) is 5.92 Å². The number of halogens is 3. The Kier molecular flexibility index (Phi) is 16.2. The second-order valence-electron chi connectivity index (χ2n) is 12.0. The van der Waals surface area contributed by atoms with Crippen molar-refractivity contribution in [2.75, 3.05) is 39.3 Å².